The van der Waals surface area contributed by atoms with Crippen molar-refractivity contribution in [2.24, 2.45) is 0 Å². The number of hydrogen-bond acceptors (Lipinski definition) is 3. The third kappa shape index (κ3) is 3.74. The minimum absolute atomic E-state index is 0.0395. The molecule has 0 aromatic heterocycles. The molecule has 5 nitrogen and oxygen atoms in total. The fourth-order valence-electron chi connectivity index (χ4n) is 2.58. The van der Waals surface area contributed by atoms with Crippen LogP contribution in [0.2, 0.25) is 0 Å². The largest absolute Gasteiger partial charge is 0.483 e. The summed E-state index contributed by atoms with van der Waals surface area (Å²) in [6.45, 7) is 4.61. The highest BCUT2D eigenvalue weighted by Gasteiger charge is 2.23. The van der Waals surface area contributed by atoms with Gasteiger partial charge in [0.1, 0.15) is 5.75 Å². The van der Waals surface area contributed by atoms with E-state index in [4.69, 9.17) is 9.84 Å². The number of carboxylic acids is 1. The average Bonchev–Trinajstić information content (AvgIpc) is 2.46. The number of nitrogens with zero attached hydrogens (tertiary/aromatic N) is 1. The Bertz CT molecular complexity index is 541. The molecule has 2 rings (SSSR count). The molecule has 0 radical (unpaired) electrons. The summed E-state index contributed by atoms with van der Waals surface area (Å²) >= 11 is 0. The van der Waals surface area contributed by atoms with E-state index in [9.17, 15) is 9.59 Å². The molecule has 5 heteroatoms. The molecule has 1 aliphatic heterocycles. The lowest BCUT2D eigenvalue weighted by Crippen LogP contribution is -2.44. The van der Waals surface area contributed by atoms with Crippen LogP contribution in [0, 0.1) is 6.92 Å². The van der Waals surface area contributed by atoms with Gasteiger partial charge in [-0.1, -0.05) is 6.07 Å². The number of carboxylic acid groups (broad SMARTS) is 1. The van der Waals surface area contributed by atoms with Crippen LogP contribution >= 0.6 is 0 Å². The van der Waals surface area contributed by atoms with Gasteiger partial charge in [-0.15, -0.1) is 0 Å². The predicted molar refractivity (Wildman–Crippen MR) is 78.7 cm³/mol. The third-order valence-corrected chi connectivity index (χ3v) is 3.91. The summed E-state index contributed by atoms with van der Waals surface area (Å²) in [5.41, 5.74) is 0.980. The first kappa shape index (κ1) is 15.4. The summed E-state index contributed by atoms with van der Waals surface area (Å²) in [4.78, 5) is 25.0. The van der Waals surface area contributed by atoms with Crippen LogP contribution in [0.3, 0.4) is 0 Å². The zero-order valence-corrected chi connectivity index (χ0v) is 12.5. The van der Waals surface area contributed by atoms with Gasteiger partial charge < -0.3 is 14.7 Å². The number of amides is 1. The van der Waals surface area contributed by atoms with E-state index in [1.165, 1.54) is 12.1 Å². The molecule has 0 aliphatic carbocycles. The monoisotopic (exact) mass is 291 g/mol. The van der Waals surface area contributed by atoms with Crippen LogP contribution in [0.5, 0.6) is 5.75 Å². The number of aromatic carboxylic acids is 1. The fraction of sp³-hybridized carbons (Fsp3) is 0.500. The molecule has 1 aromatic carbocycles. The molecule has 0 saturated carbocycles. The van der Waals surface area contributed by atoms with Crippen molar-refractivity contribution in [1.29, 1.82) is 0 Å². The first-order valence-electron chi connectivity index (χ1n) is 7.25. The second-order valence-corrected chi connectivity index (χ2v) is 5.51. The van der Waals surface area contributed by atoms with Gasteiger partial charge in [0.2, 0.25) is 0 Å². The van der Waals surface area contributed by atoms with Gasteiger partial charge in [-0.2, -0.15) is 0 Å². The maximum atomic E-state index is 12.2. The zero-order chi connectivity index (χ0) is 15.4. The predicted octanol–water partition coefficient (Wildman–Crippen LogP) is 2.47. The lowest BCUT2D eigenvalue weighted by Gasteiger charge is -2.33. The van der Waals surface area contributed by atoms with Crippen molar-refractivity contribution in [2.75, 3.05) is 13.2 Å². The van der Waals surface area contributed by atoms with Gasteiger partial charge in [0.25, 0.3) is 5.91 Å². The van der Waals surface area contributed by atoms with E-state index in [1.54, 1.807) is 6.07 Å². The summed E-state index contributed by atoms with van der Waals surface area (Å²) in [5.74, 6) is -0.592. The fourth-order valence-corrected chi connectivity index (χ4v) is 2.58. The van der Waals surface area contributed by atoms with Crippen molar-refractivity contribution in [2.45, 2.75) is 39.2 Å². The van der Waals surface area contributed by atoms with Crippen LogP contribution in [-0.4, -0.2) is 41.1 Å². The van der Waals surface area contributed by atoms with Gasteiger partial charge in [-0.05, 0) is 50.8 Å². The number of rotatable bonds is 4. The van der Waals surface area contributed by atoms with E-state index in [0.29, 0.717) is 5.75 Å². The van der Waals surface area contributed by atoms with E-state index in [-0.39, 0.29) is 24.1 Å². The molecule has 1 fully saturated rings. The summed E-state index contributed by atoms with van der Waals surface area (Å²) in [6.07, 6.45) is 3.22. The first-order valence-corrected chi connectivity index (χ1v) is 7.25. The molecule has 1 amide bonds. The quantitative estimate of drug-likeness (QED) is 0.925. The number of benzene rings is 1. The standard InChI is InChI=1S/C16H21NO4/c1-11-6-7-13(16(19)20)9-14(11)21-10-15(18)17-8-4-3-5-12(17)2/h6-7,9,12H,3-5,8,10H2,1-2H3,(H,19,20). The summed E-state index contributed by atoms with van der Waals surface area (Å²) < 4.78 is 5.54. The number of aryl methyl sites for hydroxylation is 1. The topological polar surface area (TPSA) is 66.8 Å². The molecule has 1 unspecified atom stereocenters. The second kappa shape index (κ2) is 6.61. The van der Waals surface area contributed by atoms with Gasteiger partial charge in [0.15, 0.2) is 6.61 Å². The summed E-state index contributed by atoms with van der Waals surface area (Å²) in [5, 5.41) is 8.99. The number of carbonyl (C=O) groups excluding carboxylic acids is 1. The number of hydrogen-bond donors (Lipinski definition) is 1. The van der Waals surface area contributed by atoms with Gasteiger partial charge in [-0.3, -0.25) is 4.79 Å². The number of carbonyl (C=O) groups is 2. The smallest absolute Gasteiger partial charge is 0.335 e. The van der Waals surface area contributed by atoms with Crippen molar-refractivity contribution >= 4 is 11.9 Å². The average molecular weight is 291 g/mol. The van der Waals surface area contributed by atoms with Crippen LogP contribution in [-0.2, 0) is 4.79 Å². The minimum atomic E-state index is -1.00. The molecule has 0 spiro atoms. The van der Waals surface area contributed by atoms with Crippen LogP contribution in [0.25, 0.3) is 0 Å². The summed E-state index contributed by atoms with van der Waals surface area (Å²) in [6, 6.07) is 4.93. The molecule has 1 saturated heterocycles. The normalized spacial score (nSPS) is 18.4. The van der Waals surface area contributed by atoms with Gasteiger partial charge in [-0.25, -0.2) is 4.79 Å². The van der Waals surface area contributed by atoms with Crippen molar-refractivity contribution in [3.05, 3.63) is 29.3 Å². The van der Waals surface area contributed by atoms with E-state index < -0.39 is 5.97 Å². The van der Waals surface area contributed by atoms with Gasteiger partial charge >= 0.3 is 5.97 Å². The van der Waals surface area contributed by atoms with Crippen LogP contribution in [0.15, 0.2) is 18.2 Å². The van der Waals surface area contributed by atoms with E-state index >= 15 is 0 Å². The molecule has 0 bridgehead atoms. The first-order chi connectivity index (χ1) is 9.99. The molecular formula is C16H21NO4. The Hall–Kier alpha value is -2.04. The highest BCUT2D eigenvalue weighted by molar-refractivity contribution is 5.88. The van der Waals surface area contributed by atoms with Gasteiger partial charge in [0, 0.05) is 12.6 Å². The molecule has 114 valence electrons. The number of likely N-dealkylation sites (tertiary alicyclic amines) is 1. The van der Waals surface area contributed by atoms with Crippen molar-refractivity contribution in [1.82, 2.24) is 4.90 Å². The molecular weight excluding hydrogens is 270 g/mol. The molecule has 1 atom stereocenters. The van der Waals surface area contributed by atoms with Crippen molar-refractivity contribution in [3.8, 4) is 5.75 Å². The molecule has 1 heterocycles. The van der Waals surface area contributed by atoms with Crippen molar-refractivity contribution in [3.63, 3.8) is 0 Å². The van der Waals surface area contributed by atoms with E-state index in [2.05, 4.69) is 0 Å². The maximum absolute atomic E-state index is 12.2. The van der Waals surface area contributed by atoms with Crippen molar-refractivity contribution < 1.29 is 19.4 Å². The minimum Gasteiger partial charge on any atom is -0.483 e. The second-order valence-electron chi connectivity index (χ2n) is 5.51. The lowest BCUT2D eigenvalue weighted by molar-refractivity contribution is -0.136. The van der Waals surface area contributed by atoms with E-state index in [1.807, 2.05) is 18.7 Å². The summed E-state index contributed by atoms with van der Waals surface area (Å²) in [7, 11) is 0. The maximum Gasteiger partial charge on any atom is 0.335 e. The van der Waals surface area contributed by atoms with Gasteiger partial charge in [0.05, 0.1) is 5.56 Å². The Morgan fingerprint density at radius 1 is 1.38 bits per heavy atom. The Morgan fingerprint density at radius 2 is 2.14 bits per heavy atom. The Labute approximate surface area is 124 Å². The Kier molecular flexibility index (Phi) is 4.83. The van der Waals surface area contributed by atoms with Crippen LogP contribution in [0.4, 0.5) is 0 Å². The highest BCUT2D eigenvalue weighted by atomic mass is 16.5. The number of ether oxygens (including phenoxy) is 1. The third-order valence-electron chi connectivity index (χ3n) is 3.91. The highest BCUT2D eigenvalue weighted by Crippen LogP contribution is 2.21. The van der Waals surface area contributed by atoms with Crippen LogP contribution in [0.1, 0.15) is 42.1 Å². The molecule has 1 aromatic rings. The Balaban J connectivity index is 2.00. The molecule has 21 heavy (non-hydrogen) atoms. The van der Waals surface area contributed by atoms with E-state index in [0.717, 1.165) is 31.4 Å². The molecule has 1 N–H and O–H groups in total. The SMILES string of the molecule is Cc1ccc(C(=O)O)cc1OCC(=O)N1CCCCC1C. The lowest BCUT2D eigenvalue weighted by atomic mass is 10.0. The molecule has 1 aliphatic rings. The Morgan fingerprint density at radius 3 is 2.81 bits per heavy atom. The van der Waals surface area contributed by atoms with Crippen LogP contribution < -0.4 is 4.74 Å². The zero-order valence-electron chi connectivity index (χ0n) is 12.5. The number of piperidine rings is 1.